The topological polar surface area (TPSA) is 12.0 Å². The van der Waals surface area contributed by atoms with Gasteiger partial charge in [-0.15, -0.1) is 0 Å². The van der Waals surface area contributed by atoms with Crippen LogP contribution in [-0.2, 0) is 0 Å². The summed E-state index contributed by atoms with van der Waals surface area (Å²) in [7, 11) is 0. The van der Waals surface area contributed by atoms with Crippen LogP contribution < -0.4 is 5.32 Å². The van der Waals surface area contributed by atoms with Crippen molar-refractivity contribution in [2.45, 2.75) is 25.3 Å². The fraction of sp³-hybridized carbons (Fsp3) is 0.385. The van der Waals surface area contributed by atoms with E-state index in [9.17, 15) is 0 Å². The van der Waals surface area contributed by atoms with Crippen molar-refractivity contribution in [3.05, 3.63) is 42.0 Å². The normalized spacial score (nSPS) is 21.9. The molecule has 1 heteroatoms. The van der Waals surface area contributed by atoms with Gasteiger partial charge >= 0.3 is 0 Å². The molecule has 1 nitrogen and oxygen atoms in total. The summed E-state index contributed by atoms with van der Waals surface area (Å²) in [6, 6.07) is 9.21. The fourth-order valence-electron chi connectivity index (χ4n) is 2.04. The molecule has 0 aliphatic carbocycles. The van der Waals surface area contributed by atoms with Crippen molar-refractivity contribution >= 4 is 6.08 Å². The summed E-state index contributed by atoms with van der Waals surface area (Å²) in [5.74, 6) is 0. The van der Waals surface area contributed by atoms with Gasteiger partial charge in [0.25, 0.3) is 0 Å². The first-order valence-electron chi connectivity index (χ1n) is 5.36. The van der Waals surface area contributed by atoms with E-state index in [4.69, 9.17) is 0 Å². The summed E-state index contributed by atoms with van der Waals surface area (Å²) in [6.07, 6.45) is 5.83. The molecule has 1 atom stereocenters. The Hall–Kier alpha value is -1.08. The Kier molecular flexibility index (Phi) is 3.00. The molecular formula is C13H17N. The summed E-state index contributed by atoms with van der Waals surface area (Å²) in [4.78, 5) is 0. The van der Waals surface area contributed by atoms with E-state index in [0.717, 1.165) is 6.54 Å². The van der Waals surface area contributed by atoms with Crippen LogP contribution in [0.15, 0.2) is 30.8 Å². The maximum Gasteiger partial charge on any atom is 0.0320 e. The molecule has 14 heavy (non-hydrogen) atoms. The van der Waals surface area contributed by atoms with Gasteiger partial charge in [0, 0.05) is 6.04 Å². The van der Waals surface area contributed by atoms with Crippen LogP contribution in [-0.4, -0.2) is 6.54 Å². The monoisotopic (exact) mass is 187 g/mol. The Morgan fingerprint density at radius 2 is 2.29 bits per heavy atom. The van der Waals surface area contributed by atoms with Crippen LogP contribution in [0.4, 0.5) is 0 Å². The van der Waals surface area contributed by atoms with Gasteiger partial charge in [0.05, 0.1) is 0 Å². The fourth-order valence-corrected chi connectivity index (χ4v) is 2.04. The average molecular weight is 187 g/mol. The molecule has 1 aliphatic heterocycles. The zero-order valence-corrected chi connectivity index (χ0v) is 8.50. The SMILES string of the molecule is C=Cc1cccc([C@@H]2CCCCN2)c1. The molecule has 1 saturated heterocycles. The van der Waals surface area contributed by atoms with E-state index in [0.29, 0.717) is 6.04 Å². The van der Waals surface area contributed by atoms with E-state index in [1.165, 1.54) is 30.4 Å². The summed E-state index contributed by atoms with van der Waals surface area (Å²) in [5.41, 5.74) is 2.62. The largest absolute Gasteiger partial charge is 0.310 e. The first kappa shape index (κ1) is 9.47. The van der Waals surface area contributed by atoms with Crippen molar-refractivity contribution < 1.29 is 0 Å². The van der Waals surface area contributed by atoms with Crippen molar-refractivity contribution in [3.63, 3.8) is 0 Å². The minimum Gasteiger partial charge on any atom is -0.310 e. The quantitative estimate of drug-likeness (QED) is 0.750. The molecule has 0 aromatic heterocycles. The van der Waals surface area contributed by atoms with E-state index in [2.05, 4.69) is 36.2 Å². The Morgan fingerprint density at radius 3 is 3.00 bits per heavy atom. The summed E-state index contributed by atoms with van der Waals surface area (Å²) >= 11 is 0. The highest BCUT2D eigenvalue weighted by atomic mass is 14.9. The number of benzene rings is 1. The molecule has 1 N–H and O–H groups in total. The molecule has 0 unspecified atom stereocenters. The van der Waals surface area contributed by atoms with E-state index in [1.807, 2.05) is 6.08 Å². The zero-order chi connectivity index (χ0) is 9.80. The Bertz CT molecular complexity index is 311. The van der Waals surface area contributed by atoms with E-state index in [-0.39, 0.29) is 0 Å². The van der Waals surface area contributed by atoms with Crippen LogP contribution in [0.2, 0.25) is 0 Å². The first-order chi connectivity index (χ1) is 6.90. The lowest BCUT2D eigenvalue weighted by Gasteiger charge is -2.24. The Labute approximate surface area is 85.8 Å². The number of hydrogen-bond acceptors (Lipinski definition) is 1. The highest BCUT2D eigenvalue weighted by molar-refractivity contribution is 5.48. The predicted octanol–water partition coefficient (Wildman–Crippen LogP) is 3.14. The van der Waals surface area contributed by atoms with Crippen LogP contribution in [0.3, 0.4) is 0 Å². The highest BCUT2D eigenvalue weighted by Gasteiger charge is 2.13. The second kappa shape index (κ2) is 4.43. The van der Waals surface area contributed by atoms with Gasteiger partial charge in [-0.05, 0) is 30.5 Å². The molecule has 0 spiro atoms. The van der Waals surface area contributed by atoms with E-state index in [1.54, 1.807) is 0 Å². The van der Waals surface area contributed by atoms with Gasteiger partial charge in [-0.3, -0.25) is 0 Å². The number of nitrogens with one attached hydrogen (secondary N) is 1. The Morgan fingerprint density at radius 1 is 1.36 bits per heavy atom. The van der Waals surface area contributed by atoms with Crippen LogP contribution in [0.25, 0.3) is 6.08 Å². The Balaban J connectivity index is 2.17. The molecule has 0 saturated carbocycles. The third-order valence-corrected chi connectivity index (χ3v) is 2.86. The van der Waals surface area contributed by atoms with Gasteiger partial charge in [0.1, 0.15) is 0 Å². The van der Waals surface area contributed by atoms with Crippen LogP contribution in [0.1, 0.15) is 36.4 Å². The summed E-state index contributed by atoms with van der Waals surface area (Å²) in [6.45, 7) is 4.95. The van der Waals surface area contributed by atoms with Gasteiger partial charge < -0.3 is 5.32 Å². The maximum absolute atomic E-state index is 3.80. The lowest BCUT2D eigenvalue weighted by atomic mass is 9.96. The minimum absolute atomic E-state index is 0.559. The lowest BCUT2D eigenvalue weighted by molar-refractivity contribution is 0.412. The predicted molar refractivity (Wildman–Crippen MR) is 61.1 cm³/mol. The van der Waals surface area contributed by atoms with Crippen molar-refractivity contribution in [1.82, 2.24) is 5.32 Å². The number of rotatable bonds is 2. The molecular weight excluding hydrogens is 170 g/mol. The molecule has 0 radical (unpaired) electrons. The summed E-state index contributed by atoms with van der Waals surface area (Å²) < 4.78 is 0. The van der Waals surface area contributed by atoms with Crippen LogP contribution >= 0.6 is 0 Å². The lowest BCUT2D eigenvalue weighted by Crippen LogP contribution is -2.26. The number of hydrogen-bond donors (Lipinski definition) is 1. The molecule has 1 heterocycles. The smallest absolute Gasteiger partial charge is 0.0320 e. The van der Waals surface area contributed by atoms with Crippen LogP contribution in [0, 0.1) is 0 Å². The standard InChI is InChI=1S/C13H17N/c1-2-11-6-5-7-12(10-11)13-8-3-4-9-14-13/h2,5-7,10,13-14H,1,3-4,8-9H2/t13-/m0/s1. The maximum atomic E-state index is 3.80. The molecule has 1 aromatic carbocycles. The molecule has 1 aliphatic rings. The van der Waals surface area contributed by atoms with Crippen molar-refractivity contribution in [2.24, 2.45) is 0 Å². The second-order valence-corrected chi connectivity index (χ2v) is 3.88. The molecule has 1 fully saturated rings. The zero-order valence-electron chi connectivity index (χ0n) is 8.50. The molecule has 74 valence electrons. The van der Waals surface area contributed by atoms with E-state index >= 15 is 0 Å². The highest BCUT2D eigenvalue weighted by Crippen LogP contribution is 2.23. The second-order valence-electron chi connectivity index (χ2n) is 3.88. The van der Waals surface area contributed by atoms with Gasteiger partial charge in [-0.2, -0.15) is 0 Å². The third-order valence-electron chi connectivity index (χ3n) is 2.86. The summed E-state index contributed by atoms with van der Waals surface area (Å²) in [5, 5.41) is 3.55. The van der Waals surface area contributed by atoms with Gasteiger partial charge in [-0.25, -0.2) is 0 Å². The third kappa shape index (κ3) is 2.05. The molecule has 2 rings (SSSR count). The average Bonchev–Trinajstić information content (AvgIpc) is 2.30. The van der Waals surface area contributed by atoms with E-state index < -0.39 is 0 Å². The molecule has 0 bridgehead atoms. The van der Waals surface area contributed by atoms with Gasteiger partial charge in [0.15, 0.2) is 0 Å². The molecule has 1 aromatic rings. The van der Waals surface area contributed by atoms with Crippen molar-refractivity contribution in [3.8, 4) is 0 Å². The molecule has 0 amide bonds. The van der Waals surface area contributed by atoms with Gasteiger partial charge in [-0.1, -0.05) is 43.3 Å². The van der Waals surface area contributed by atoms with Crippen molar-refractivity contribution in [2.75, 3.05) is 6.54 Å². The van der Waals surface area contributed by atoms with Gasteiger partial charge in [0.2, 0.25) is 0 Å². The van der Waals surface area contributed by atoms with Crippen LogP contribution in [0.5, 0.6) is 0 Å². The van der Waals surface area contributed by atoms with Crippen molar-refractivity contribution in [1.29, 1.82) is 0 Å². The number of piperidine rings is 1. The first-order valence-corrected chi connectivity index (χ1v) is 5.36. The minimum atomic E-state index is 0.559.